The van der Waals surface area contributed by atoms with E-state index >= 15 is 0 Å². The lowest BCUT2D eigenvalue weighted by atomic mass is 9.88. The van der Waals surface area contributed by atoms with E-state index in [0.717, 1.165) is 30.5 Å². The Balaban J connectivity index is 1.72. The first-order valence-corrected chi connectivity index (χ1v) is 6.87. The summed E-state index contributed by atoms with van der Waals surface area (Å²) in [6.07, 6.45) is 7.34. The molecule has 2 N–H and O–H groups in total. The molecule has 1 aromatic heterocycles. The zero-order valence-corrected chi connectivity index (χ0v) is 10.4. The summed E-state index contributed by atoms with van der Waals surface area (Å²) in [5.74, 6) is 3.80. The predicted molar refractivity (Wildman–Crippen MR) is 64.3 cm³/mol. The van der Waals surface area contributed by atoms with E-state index in [4.69, 9.17) is 10.3 Å². The van der Waals surface area contributed by atoms with Gasteiger partial charge in [0, 0.05) is 5.92 Å². The lowest BCUT2D eigenvalue weighted by Crippen LogP contribution is -2.12. The molecule has 2 fully saturated rings. The number of hydrogen-bond acceptors (Lipinski definition) is 4. The predicted octanol–water partition coefficient (Wildman–Crippen LogP) is 2.77. The van der Waals surface area contributed by atoms with Crippen molar-refractivity contribution in [3.63, 3.8) is 0 Å². The van der Waals surface area contributed by atoms with Gasteiger partial charge >= 0.3 is 0 Å². The van der Waals surface area contributed by atoms with Crippen LogP contribution in [0.2, 0.25) is 0 Å². The molecule has 0 radical (unpaired) electrons. The Morgan fingerprint density at radius 2 is 2.29 bits per heavy atom. The smallest absolute Gasteiger partial charge is 0.243 e. The molecule has 2 saturated carbocycles. The molecule has 2 aliphatic carbocycles. The summed E-state index contributed by atoms with van der Waals surface area (Å²) in [4.78, 5) is 4.53. The summed E-state index contributed by atoms with van der Waals surface area (Å²) in [7, 11) is 0. The quantitative estimate of drug-likeness (QED) is 0.871. The summed E-state index contributed by atoms with van der Waals surface area (Å²) in [5.41, 5.74) is 6.00. The molecule has 1 aromatic rings. The Morgan fingerprint density at radius 3 is 2.94 bits per heavy atom. The topological polar surface area (TPSA) is 64.9 Å². The summed E-state index contributed by atoms with van der Waals surface area (Å²) in [6, 6.07) is -0.0835. The van der Waals surface area contributed by atoms with E-state index in [0.29, 0.717) is 11.8 Å². The molecule has 4 nitrogen and oxygen atoms in total. The Labute approximate surface area is 102 Å². The molecule has 4 unspecified atom stereocenters. The van der Waals surface area contributed by atoms with Gasteiger partial charge in [-0.15, -0.1) is 0 Å². The average molecular weight is 235 g/mol. The molecule has 0 aromatic carbocycles. The molecule has 94 valence electrons. The van der Waals surface area contributed by atoms with E-state index in [1.54, 1.807) is 0 Å². The molecule has 2 bridgehead atoms. The SMILES string of the molecule is CCCC(N)c1nc(C2CC3CCC2C3)no1. The maximum absolute atomic E-state index is 6.00. The third-order valence-electron chi connectivity index (χ3n) is 4.44. The van der Waals surface area contributed by atoms with Gasteiger partial charge in [-0.3, -0.25) is 0 Å². The molecular formula is C13H21N3O. The van der Waals surface area contributed by atoms with Crippen molar-refractivity contribution in [3.8, 4) is 0 Å². The summed E-state index contributed by atoms with van der Waals surface area (Å²) >= 11 is 0. The van der Waals surface area contributed by atoms with E-state index < -0.39 is 0 Å². The first kappa shape index (κ1) is 11.2. The van der Waals surface area contributed by atoms with Gasteiger partial charge in [0.2, 0.25) is 5.89 Å². The zero-order valence-electron chi connectivity index (χ0n) is 10.4. The molecule has 17 heavy (non-hydrogen) atoms. The van der Waals surface area contributed by atoms with Gasteiger partial charge in [0.1, 0.15) is 0 Å². The molecule has 3 rings (SSSR count). The minimum atomic E-state index is -0.0835. The molecule has 0 aliphatic heterocycles. The molecule has 0 spiro atoms. The fraction of sp³-hybridized carbons (Fsp3) is 0.846. The third kappa shape index (κ3) is 1.99. The minimum absolute atomic E-state index is 0.0835. The van der Waals surface area contributed by atoms with E-state index in [1.165, 1.54) is 25.7 Å². The molecular weight excluding hydrogens is 214 g/mol. The van der Waals surface area contributed by atoms with Gasteiger partial charge in [0.25, 0.3) is 0 Å². The van der Waals surface area contributed by atoms with Crippen LogP contribution in [0.5, 0.6) is 0 Å². The van der Waals surface area contributed by atoms with Gasteiger partial charge < -0.3 is 10.3 Å². The monoisotopic (exact) mass is 235 g/mol. The van der Waals surface area contributed by atoms with Crippen LogP contribution in [0.1, 0.15) is 69.1 Å². The van der Waals surface area contributed by atoms with Crippen LogP contribution in [0.4, 0.5) is 0 Å². The first-order chi connectivity index (χ1) is 8.28. The summed E-state index contributed by atoms with van der Waals surface area (Å²) in [5, 5.41) is 4.15. The Bertz CT molecular complexity index is 390. The van der Waals surface area contributed by atoms with Crippen LogP contribution in [0, 0.1) is 11.8 Å². The van der Waals surface area contributed by atoms with Gasteiger partial charge in [-0.25, -0.2) is 0 Å². The van der Waals surface area contributed by atoms with E-state index in [2.05, 4.69) is 17.1 Å². The van der Waals surface area contributed by atoms with Crippen LogP contribution in [0.25, 0.3) is 0 Å². The fourth-order valence-electron chi connectivity index (χ4n) is 3.54. The number of hydrogen-bond donors (Lipinski definition) is 1. The van der Waals surface area contributed by atoms with Crippen molar-refractivity contribution in [2.24, 2.45) is 17.6 Å². The van der Waals surface area contributed by atoms with E-state index in [9.17, 15) is 0 Å². The second-order valence-electron chi connectivity index (χ2n) is 5.67. The second-order valence-corrected chi connectivity index (χ2v) is 5.67. The largest absolute Gasteiger partial charge is 0.338 e. The number of nitrogens with zero attached hydrogens (tertiary/aromatic N) is 2. The third-order valence-corrected chi connectivity index (χ3v) is 4.44. The van der Waals surface area contributed by atoms with Crippen LogP contribution in [0.15, 0.2) is 4.52 Å². The van der Waals surface area contributed by atoms with Gasteiger partial charge in [-0.05, 0) is 37.5 Å². The van der Waals surface area contributed by atoms with Crippen molar-refractivity contribution in [2.75, 3.05) is 0 Å². The Kier molecular flexibility index (Phi) is 2.90. The van der Waals surface area contributed by atoms with Crippen molar-refractivity contribution >= 4 is 0 Å². The highest BCUT2D eigenvalue weighted by molar-refractivity contribution is 5.07. The molecule has 4 heteroatoms. The van der Waals surface area contributed by atoms with Gasteiger partial charge in [-0.2, -0.15) is 4.98 Å². The van der Waals surface area contributed by atoms with Crippen LogP contribution in [-0.4, -0.2) is 10.1 Å². The standard InChI is InChI=1S/C13H21N3O/c1-2-3-11(14)13-15-12(16-17-13)10-7-8-4-5-9(10)6-8/h8-11H,2-7,14H2,1H3. The van der Waals surface area contributed by atoms with E-state index in [1.807, 2.05) is 0 Å². The van der Waals surface area contributed by atoms with Crippen molar-refractivity contribution in [3.05, 3.63) is 11.7 Å². The normalized spacial score (nSPS) is 33.2. The van der Waals surface area contributed by atoms with Crippen molar-refractivity contribution in [1.82, 2.24) is 10.1 Å². The molecule has 2 aliphatic rings. The number of nitrogens with two attached hydrogens (primary N) is 1. The van der Waals surface area contributed by atoms with Gasteiger partial charge in [0.15, 0.2) is 5.82 Å². The first-order valence-electron chi connectivity index (χ1n) is 6.87. The number of rotatable bonds is 4. The van der Waals surface area contributed by atoms with Crippen LogP contribution < -0.4 is 5.73 Å². The molecule has 1 heterocycles. The highest BCUT2D eigenvalue weighted by Crippen LogP contribution is 2.52. The van der Waals surface area contributed by atoms with Crippen LogP contribution in [-0.2, 0) is 0 Å². The van der Waals surface area contributed by atoms with Crippen molar-refractivity contribution in [2.45, 2.75) is 57.4 Å². The fourth-order valence-corrected chi connectivity index (χ4v) is 3.54. The van der Waals surface area contributed by atoms with Crippen LogP contribution >= 0.6 is 0 Å². The minimum Gasteiger partial charge on any atom is -0.338 e. The Morgan fingerprint density at radius 1 is 1.41 bits per heavy atom. The maximum Gasteiger partial charge on any atom is 0.243 e. The zero-order chi connectivity index (χ0) is 11.8. The molecule has 0 saturated heterocycles. The summed E-state index contributed by atoms with van der Waals surface area (Å²) < 4.78 is 5.31. The van der Waals surface area contributed by atoms with Gasteiger partial charge in [0.05, 0.1) is 6.04 Å². The number of fused-ring (bicyclic) bond motifs is 2. The van der Waals surface area contributed by atoms with Crippen LogP contribution in [0.3, 0.4) is 0 Å². The highest BCUT2D eigenvalue weighted by atomic mass is 16.5. The Hall–Kier alpha value is -0.900. The molecule has 4 atom stereocenters. The summed E-state index contributed by atoms with van der Waals surface area (Å²) in [6.45, 7) is 2.12. The molecule has 0 amide bonds. The second kappa shape index (κ2) is 4.41. The lowest BCUT2D eigenvalue weighted by Gasteiger charge is -2.17. The average Bonchev–Trinajstić information content (AvgIpc) is 3.05. The van der Waals surface area contributed by atoms with Gasteiger partial charge in [-0.1, -0.05) is 24.9 Å². The lowest BCUT2D eigenvalue weighted by molar-refractivity contribution is 0.333. The van der Waals surface area contributed by atoms with E-state index in [-0.39, 0.29) is 6.04 Å². The van der Waals surface area contributed by atoms with Crippen molar-refractivity contribution < 1.29 is 4.52 Å². The highest BCUT2D eigenvalue weighted by Gasteiger charge is 2.42. The van der Waals surface area contributed by atoms with Crippen molar-refractivity contribution in [1.29, 1.82) is 0 Å². The maximum atomic E-state index is 6.00. The number of aromatic nitrogens is 2.